The van der Waals surface area contributed by atoms with E-state index in [0.29, 0.717) is 22.1 Å². The van der Waals surface area contributed by atoms with Crippen LogP contribution in [0, 0.1) is 0 Å². The van der Waals surface area contributed by atoms with Crippen LogP contribution in [0.25, 0.3) is 6.08 Å². The number of benzene rings is 2. The maximum absolute atomic E-state index is 12.0. The van der Waals surface area contributed by atoms with Crippen LogP contribution in [-0.2, 0) is 9.53 Å². The second kappa shape index (κ2) is 6.76. The molecule has 0 N–H and O–H groups in total. The van der Waals surface area contributed by atoms with Crippen molar-refractivity contribution in [2.45, 2.75) is 0 Å². The van der Waals surface area contributed by atoms with Gasteiger partial charge in [-0.15, -0.1) is 0 Å². The molecular weight excluding hydrogens is 330 g/mol. The maximum Gasteiger partial charge on any atom is 0.363 e. The lowest BCUT2D eigenvalue weighted by Crippen LogP contribution is -2.04. The summed E-state index contributed by atoms with van der Waals surface area (Å²) in [5.41, 5.74) is 1.48. The van der Waals surface area contributed by atoms with E-state index in [2.05, 4.69) is 4.99 Å². The Balaban J connectivity index is 1.99. The largest absolute Gasteiger partial charge is 0.493 e. The van der Waals surface area contributed by atoms with Crippen LogP contribution in [0.4, 0.5) is 0 Å². The maximum atomic E-state index is 12.0. The molecule has 1 aliphatic rings. The van der Waals surface area contributed by atoms with Crippen LogP contribution in [0.15, 0.2) is 53.2 Å². The number of nitrogens with zero attached hydrogens (tertiary/aromatic N) is 1. The van der Waals surface area contributed by atoms with Crippen molar-refractivity contribution in [2.24, 2.45) is 4.99 Å². The number of ether oxygens (including phenoxy) is 3. The zero-order chi connectivity index (χ0) is 17.1. The third-order valence-electron chi connectivity index (χ3n) is 3.44. The van der Waals surface area contributed by atoms with Crippen molar-refractivity contribution < 1.29 is 19.0 Å². The minimum atomic E-state index is -0.528. The summed E-state index contributed by atoms with van der Waals surface area (Å²) in [6.45, 7) is 0. The van der Waals surface area contributed by atoms with Gasteiger partial charge in [0.15, 0.2) is 17.2 Å². The standard InChI is InChI=1S/C18H14ClNO4/c1-22-15-9-12(13(19)10-16(15)23-2)8-14-18(21)24-17(20-14)11-6-4-3-5-7-11/h3-10H,1-2H3/b14-8+. The second-order valence-corrected chi connectivity index (χ2v) is 5.34. The topological polar surface area (TPSA) is 57.1 Å². The molecule has 6 heteroatoms. The normalized spacial score (nSPS) is 15.2. The number of esters is 1. The first-order valence-electron chi connectivity index (χ1n) is 7.12. The zero-order valence-corrected chi connectivity index (χ0v) is 13.8. The molecule has 1 heterocycles. The molecule has 0 atom stereocenters. The Labute approximate surface area is 144 Å². The van der Waals surface area contributed by atoms with E-state index in [-0.39, 0.29) is 11.6 Å². The fourth-order valence-electron chi connectivity index (χ4n) is 2.24. The van der Waals surface area contributed by atoms with E-state index in [1.165, 1.54) is 14.2 Å². The van der Waals surface area contributed by atoms with E-state index >= 15 is 0 Å². The molecule has 0 bridgehead atoms. The van der Waals surface area contributed by atoms with Gasteiger partial charge >= 0.3 is 5.97 Å². The summed E-state index contributed by atoms with van der Waals surface area (Å²) in [4.78, 5) is 16.3. The molecule has 0 radical (unpaired) electrons. The van der Waals surface area contributed by atoms with Crippen LogP contribution in [0.1, 0.15) is 11.1 Å². The van der Waals surface area contributed by atoms with Crippen LogP contribution in [0.5, 0.6) is 11.5 Å². The van der Waals surface area contributed by atoms with Crippen LogP contribution in [-0.4, -0.2) is 26.1 Å². The van der Waals surface area contributed by atoms with Gasteiger partial charge in [0.2, 0.25) is 5.90 Å². The van der Waals surface area contributed by atoms with Crippen molar-refractivity contribution in [3.8, 4) is 11.5 Å². The Kier molecular flexibility index (Phi) is 4.53. The van der Waals surface area contributed by atoms with Gasteiger partial charge in [0.05, 0.1) is 19.2 Å². The van der Waals surface area contributed by atoms with Gasteiger partial charge in [-0.3, -0.25) is 0 Å². The lowest BCUT2D eigenvalue weighted by molar-refractivity contribution is -0.129. The van der Waals surface area contributed by atoms with Gasteiger partial charge in [-0.2, -0.15) is 0 Å². The summed E-state index contributed by atoms with van der Waals surface area (Å²) < 4.78 is 15.7. The molecule has 3 rings (SSSR count). The summed E-state index contributed by atoms with van der Waals surface area (Å²) in [6.07, 6.45) is 1.56. The number of rotatable bonds is 4. The minimum Gasteiger partial charge on any atom is -0.493 e. The minimum absolute atomic E-state index is 0.169. The molecule has 122 valence electrons. The molecule has 2 aromatic rings. The zero-order valence-electron chi connectivity index (χ0n) is 13.1. The third-order valence-corrected chi connectivity index (χ3v) is 3.76. The highest BCUT2D eigenvalue weighted by atomic mass is 35.5. The molecule has 5 nitrogen and oxygen atoms in total. The number of hydrogen-bond acceptors (Lipinski definition) is 5. The molecule has 0 spiro atoms. The highest BCUT2D eigenvalue weighted by Crippen LogP contribution is 2.34. The van der Waals surface area contributed by atoms with Gasteiger partial charge in [0, 0.05) is 11.6 Å². The molecule has 0 aliphatic carbocycles. The van der Waals surface area contributed by atoms with Crippen LogP contribution in [0.2, 0.25) is 5.02 Å². The first-order chi connectivity index (χ1) is 11.6. The van der Waals surface area contributed by atoms with Gasteiger partial charge in [-0.05, 0) is 29.8 Å². The first-order valence-corrected chi connectivity index (χ1v) is 7.49. The summed E-state index contributed by atoms with van der Waals surface area (Å²) in [5, 5.41) is 0.413. The van der Waals surface area contributed by atoms with Gasteiger partial charge in [0.25, 0.3) is 0 Å². The monoisotopic (exact) mass is 343 g/mol. The van der Waals surface area contributed by atoms with Gasteiger partial charge in [0.1, 0.15) is 0 Å². The van der Waals surface area contributed by atoms with Crippen LogP contribution < -0.4 is 9.47 Å². The molecule has 0 saturated carbocycles. The molecule has 24 heavy (non-hydrogen) atoms. The van der Waals surface area contributed by atoms with Gasteiger partial charge in [-0.1, -0.05) is 29.8 Å². The van der Waals surface area contributed by atoms with E-state index in [1.54, 1.807) is 18.2 Å². The number of carbonyl (C=O) groups is 1. The van der Waals surface area contributed by atoms with Crippen molar-refractivity contribution in [1.29, 1.82) is 0 Å². The Morgan fingerprint density at radius 1 is 1.08 bits per heavy atom. The van der Waals surface area contributed by atoms with Crippen molar-refractivity contribution in [3.05, 3.63) is 64.3 Å². The molecule has 0 saturated heterocycles. The number of aliphatic imine (C=N–C) groups is 1. The molecule has 0 aromatic heterocycles. The SMILES string of the molecule is COc1cc(Cl)c(/C=C2/N=C(c3ccccc3)OC2=O)cc1OC. The molecule has 0 fully saturated rings. The lowest BCUT2D eigenvalue weighted by Gasteiger charge is -2.09. The molecule has 0 unspecified atom stereocenters. The second-order valence-electron chi connectivity index (χ2n) is 4.93. The Morgan fingerprint density at radius 2 is 1.75 bits per heavy atom. The van der Waals surface area contributed by atoms with Crippen LogP contribution in [0.3, 0.4) is 0 Å². The number of carbonyl (C=O) groups excluding carboxylic acids is 1. The van der Waals surface area contributed by atoms with Crippen molar-refractivity contribution in [3.63, 3.8) is 0 Å². The molecule has 1 aliphatic heterocycles. The predicted octanol–water partition coefficient (Wildman–Crippen LogP) is 3.70. The average molecular weight is 344 g/mol. The Morgan fingerprint density at radius 3 is 2.42 bits per heavy atom. The number of methoxy groups -OCH3 is 2. The van der Waals surface area contributed by atoms with E-state index < -0.39 is 5.97 Å². The summed E-state index contributed by atoms with van der Waals surface area (Å²) in [6, 6.07) is 12.5. The van der Waals surface area contributed by atoms with Crippen LogP contribution >= 0.6 is 11.6 Å². The highest BCUT2D eigenvalue weighted by molar-refractivity contribution is 6.32. The first kappa shape index (κ1) is 16.1. The molecule has 0 amide bonds. The summed E-state index contributed by atoms with van der Waals surface area (Å²) in [7, 11) is 3.05. The molecular formula is C18H14ClNO4. The van der Waals surface area contributed by atoms with Crippen molar-refractivity contribution >= 4 is 29.5 Å². The van der Waals surface area contributed by atoms with E-state index in [0.717, 1.165) is 5.56 Å². The fraction of sp³-hybridized carbons (Fsp3) is 0.111. The van der Waals surface area contributed by atoms with Crippen molar-refractivity contribution in [1.82, 2.24) is 0 Å². The fourth-order valence-corrected chi connectivity index (χ4v) is 2.45. The smallest absolute Gasteiger partial charge is 0.363 e. The lowest BCUT2D eigenvalue weighted by atomic mass is 10.1. The van der Waals surface area contributed by atoms with Gasteiger partial charge < -0.3 is 14.2 Å². The Bertz CT molecular complexity index is 844. The van der Waals surface area contributed by atoms with Crippen molar-refractivity contribution in [2.75, 3.05) is 14.2 Å². The predicted molar refractivity (Wildman–Crippen MR) is 91.6 cm³/mol. The summed E-state index contributed by atoms with van der Waals surface area (Å²) >= 11 is 6.24. The summed E-state index contributed by atoms with van der Waals surface area (Å²) in [5.74, 6) is 0.752. The third kappa shape index (κ3) is 3.12. The Hall–Kier alpha value is -2.79. The number of halogens is 1. The van der Waals surface area contributed by atoms with E-state index in [9.17, 15) is 4.79 Å². The quantitative estimate of drug-likeness (QED) is 0.627. The van der Waals surface area contributed by atoms with E-state index in [4.69, 9.17) is 25.8 Å². The highest BCUT2D eigenvalue weighted by Gasteiger charge is 2.24. The van der Waals surface area contributed by atoms with Gasteiger partial charge in [-0.25, -0.2) is 9.79 Å². The van der Waals surface area contributed by atoms with E-state index in [1.807, 2.05) is 30.3 Å². The number of cyclic esters (lactones) is 1. The molecule has 2 aromatic carbocycles. The average Bonchev–Trinajstić information content (AvgIpc) is 2.97. The number of hydrogen-bond donors (Lipinski definition) is 0.